The van der Waals surface area contributed by atoms with Crippen LogP contribution in [0.5, 0.6) is 0 Å². The molecule has 2 rings (SSSR count). The molecule has 1 heterocycles. The van der Waals surface area contributed by atoms with Gasteiger partial charge in [-0.25, -0.2) is 0 Å². The van der Waals surface area contributed by atoms with Crippen molar-refractivity contribution in [1.29, 1.82) is 0 Å². The summed E-state index contributed by atoms with van der Waals surface area (Å²) in [5.74, 6) is 0.748. The third-order valence-corrected chi connectivity index (χ3v) is 4.32. The molecular weight excluding hydrogens is 276 g/mol. The smallest absolute Gasteiger partial charge is 0.242 e. The van der Waals surface area contributed by atoms with Crippen molar-refractivity contribution in [1.82, 2.24) is 4.90 Å². The molecule has 2 fully saturated rings. The van der Waals surface area contributed by atoms with E-state index in [1.165, 1.54) is 0 Å². The van der Waals surface area contributed by atoms with Crippen molar-refractivity contribution in [3.8, 4) is 0 Å². The molecular formula is C15H29ClN2O2. The minimum atomic E-state index is -0.564. The van der Waals surface area contributed by atoms with Crippen molar-refractivity contribution in [2.24, 2.45) is 11.7 Å². The maximum atomic E-state index is 12.5. The molecule has 2 aliphatic rings. The first-order valence-corrected chi connectivity index (χ1v) is 7.71. The lowest BCUT2D eigenvalue weighted by molar-refractivity contribution is -0.139. The molecule has 0 unspecified atom stereocenters. The van der Waals surface area contributed by atoms with Crippen LogP contribution >= 0.6 is 12.4 Å². The molecule has 1 aliphatic heterocycles. The van der Waals surface area contributed by atoms with E-state index in [1.54, 1.807) is 0 Å². The van der Waals surface area contributed by atoms with Gasteiger partial charge in [0.2, 0.25) is 5.91 Å². The van der Waals surface area contributed by atoms with Gasteiger partial charge >= 0.3 is 0 Å². The lowest BCUT2D eigenvalue weighted by Gasteiger charge is -2.36. The van der Waals surface area contributed by atoms with Crippen LogP contribution < -0.4 is 5.73 Å². The molecule has 118 valence electrons. The molecule has 1 saturated heterocycles. The van der Waals surface area contributed by atoms with Crippen LogP contribution in [0.3, 0.4) is 0 Å². The first-order valence-electron chi connectivity index (χ1n) is 7.71. The lowest BCUT2D eigenvalue weighted by atomic mass is 9.95. The van der Waals surface area contributed by atoms with E-state index in [1.807, 2.05) is 4.90 Å². The summed E-state index contributed by atoms with van der Waals surface area (Å²) in [4.78, 5) is 14.4. The summed E-state index contributed by atoms with van der Waals surface area (Å²) in [7, 11) is 0. The number of nitrogens with zero attached hydrogens (tertiary/aromatic N) is 1. The predicted octanol–water partition coefficient (Wildman–Crippen LogP) is 2.34. The zero-order valence-electron chi connectivity index (χ0n) is 12.8. The minimum absolute atomic E-state index is 0. The summed E-state index contributed by atoms with van der Waals surface area (Å²) in [6, 6.07) is 0. The molecule has 0 bridgehead atoms. The summed E-state index contributed by atoms with van der Waals surface area (Å²) in [6.07, 6.45) is 6.13. The Morgan fingerprint density at radius 3 is 2.35 bits per heavy atom. The van der Waals surface area contributed by atoms with Crippen LogP contribution in [0.2, 0.25) is 0 Å². The Labute approximate surface area is 128 Å². The van der Waals surface area contributed by atoms with E-state index in [0.29, 0.717) is 12.0 Å². The van der Waals surface area contributed by atoms with E-state index in [4.69, 9.17) is 10.5 Å². The number of carbonyl (C=O) groups excluding carboxylic acids is 1. The zero-order valence-corrected chi connectivity index (χ0v) is 13.6. The second kappa shape index (κ2) is 7.62. The minimum Gasteiger partial charge on any atom is -0.378 e. The van der Waals surface area contributed by atoms with Gasteiger partial charge in [-0.1, -0.05) is 26.7 Å². The van der Waals surface area contributed by atoms with Gasteiger partial charge < -0.3 is 15.4 Å². The maximum Gasteiger partial charge on any atom is 0.242 e. The first-order chi connectivity index (χ1) is 9.01. The topological polar surface area (TPSA) is 55.6 Å². The molecule has 20 heavy (non-hydrogen) atoms. The van der Waals surface area contributed by atoms with Gasteiger partial charge in [-0.3, -0.25) is 4.79 Å². The Hall–Kier alpha value is -0.320. The van der Waals surface area contributed by atoms with Crippen molar-refractivity contribution < 1.29 is 9.53 Å². The largest absolute Gasteiger partial charge is 0.378 e. The summed E-state index contributed by atoms with van der Waals surface area (Å²) < 4.78 is 5.85. The molecule has 1 amide bonds. The number of nitrogens with two attached hydrogens (primary N) is 1. The van der Waals surface area contributed by atoms with Gasteiger partial charge in [-0.05, 0) is 31.6 Å². The first kappa shape index (κ1) is 17.7. The molecule has 2 N–H and O–H groups in total. The van der Waals surface area contributed by atoms with Crippen LogP contribution in [0.4, 0.5) is 0 Å². The van der Waals surface area contributed by atoms with E-state index < -0.39 is 5.54 Å². The summed E-state index contributed by atoms with van der Waals surface area (Å²) in [5, 5.41) is 0. The number of amides is 1. The summed E-state index contributed by atoms with van der Waals surface area (Å²) >= 11 is 0. The second-order valence-electron chi connectivity index (χ2n) is 6.58. The third kappa shape index (κ3) is 4.34. The number of likely N-dealkylation sites (tertiary alicyclic amines) is 1. The highest BCUT2D eigenvalue weighted by Gasteiger charge is 2.40. The Morgan fingerprint density at radius 2 is 1.85 bits per heavy atom. The van der Waals surface area contributed by atoms with E-state index in [9.17, 15) is 4.79 Å². The van der Waals surface area contributed by atoms with Crippen molar-refractivity contribution >= 4 is 18.3 Å². The van der Waals surface area contributed by atoms with E-state index in [0.717, 1.165) is 58.2 Å². The normalized spacial score (nSPS) is 22.9. The van der Waals surface area contributed by atoms with Gasteiger partial charge in [-0.2, -0.15) is 0 Å². The van der Waals surface area contributed by atoms with Gasteiger partial charge in [0.05, 0.1) is 11.6 Å². The molecule has 0 aromatic carbocycles. The van der Waals surface area contributed by atoms with Gasteiger partial charge in [0.1, 0.15) is 0 Å². The van der Waals surface area contributed by atoms with Gasteiger partial charge in [0.15, 0.2) is 0 Å². The highest BCUT2D eigenvalue weighted by Crippen LogP contribution is 2.30. The van der Waals surface area contributed by atoms with Crippen molar-refractivity contribution in [2.75, 3.05) is 19.7 Å². The van der Waals surface area contributed by atoms with Crippen LogP contribution in [0.1, 0.15) is 52.4 Å². The molecule has 0 atom stereocenters. The zero-order chi connectivity index (χ0) is 13.9. The highest BCUT2D eigenvalue weighted by molar-refractivity contribution is 5.86. The summed E-state index contributed by atoms with van der Waals surface area (Å²) in [5.41, 5.74) is 5.68. The number of halogens is 1. The van der Waals surface area contributed by atoms with E-state index in [2.05, 4.69) is 13.8 Å². The Morgan fingerprint density at radius 1 is 1.30 bits per heavy atom. The number of ether oxygens (including phenoxy) is 1. The van der Waals surface area contributed by atoms with Crippen molar-refractivity contribution in [3.63, 3.8) is 0 Å². The van der Waals surface area contributed by atoms with E-state index >= 15 is 0 Å². The summed E-state index contributed by atoms with van der Waals surface area (Å²) in [6.45, 7) is 6.76. The highest BCUT2D eigenvalue weighted by atomic mass is 35.5. The number of hydrogen-bond donors (Lipinski definition) is 1. The molecule has 0 aromatic rings. The van der Waals surface area contributed by atoms with Crippen molar-refractivity contribution in [2.45, 2.75) is 64.0 Å². The number of rotatable bonds is 4. The Bertz CT molecular complexity index is 309. The monoisotopic (exact) mass is 304 g/mol. The van der Waals surface area contributed by atoms with E-state index in [-0.39, 0.29) is 18.3 Å². The van der Waals surface area contributed by atoms with Gasteiger partial charge in [-0.15, -0.1) is 12.4 Å². The fourth-order valence-electron chi connectivity index (χ4n) is 3.09. The third-order valence-electron chi connectivity index (χ3n) is 4.32. The fraction of sp³-hybridized carbons (Fsp3) is 0.933. The fourth-order valence-corrected chi connectivity index (χ4v) is 3.09. The Balaban J connectivity index is 0.00000200. The van der Waals surface area contributed by atoms with Gasteiger partial charge in [0.25, 0.3) is 0 Å². The average molecular weight is 305 g/mol. The molecule has 4 nitrogen and oxygen atoms in total. The van der Waals surface area contributed by atoms with Crippen LogP contribution in [-0.2, 0) is 9.53 Å². The maximum absolute atomic E-state index is 12.5. The molecule has 1 saturated carbocycles. The van der Waals surface area contributed by atoms with Crippen LogP contribution in [0, 0.1) is 5.92 Å². The molecule has 0 spiro atoms. The number of piperidine rings is 1. The molecule has 1 aliphatic carbocycles. The SMILES string of the molecule is CC(C)COC1CCN(C(=O)C2(N)CCCC2)CC1.Cl. The van der Waals surface area contributed by atoms with Crippen LogP contribution in [-0.4, -0.2) is 42.1 Å². The quantitative estimate of drug-likeness (QED) is 0.867. The Kier molecular flexibility index (Phi) is 6.76. The van der Waals surface area contributed by atoms with Crippen LogP contribution in [0.15, 0.2) is 0 Å². The van der Waals surface area contributed by atoms with Crippen LogP contribution in [0.25, 0.3) is 0 Å². The second-order valence-corrected chi connectivity index (χ2v) is 6.58. The van der Waals surface area contributed by atoms with Gasteiger partial charge in [0, 0.05) is 19.7 Å². The molecule has 5 heteroatoms. The average Bonchev–Trinajstić information content (AvgIpc) is 2.84. The predicted molar refractivity (Wildman–Crippen MR) is 83.0 cm³/mol. The number of carbonyl (C=O) groups is 1. The molecule has 0 radical (unpaired) electrons. The number of hydrogen-bond acceptors (Lipinski definition) is 3. The lowest BCUT2D eigenvalue weighted by Crippen LogP contribution is -2.55. The molecule has 0 aromatic heterocycles. The van der Waals surface area contributed by atoms with Crippen molar-refractivity contribution in [3.05, 3.63) is 0 Å². The standard InChI is InChI=1S/C15H28N2O2.ClH/c1-12(2)11-19-13-5-9-17(10-6-13)14(18)15(16)7-3-4-8-15;/h12-13H,3-11,16H2,1-2H3;1H.